The van der Waals surface area contributed by atoms with Crippen molar-refractivity contribution in [2.75, 3.05) is 39.2 Å². The predicted octanol–water partition coefficient (Wildman–Crippen LogP) is 5.86. The first-order chi connectivity index (χ1) is 17.9. The van der Waals surface area contributed by atoms with Crippen molar-refractivity contribution < 1.29 is 9.53 Å². The highest BCUT2D eigenvalue weighted by Gasteiger charge is 2.55. The highest BCUT2D eigenvalue weighted by molar-refractivity contribution is 5.96. The Hall–Kier alpha value is -2.70. The van der Waals surface area contributed by atoms with E-state index in [0.29, 0.717) is 6.54 Å². The Bertz CT molecular complexity index is 1100. The van der Waals surface area contributed by atoms with Crippen LogP contribution in [0.4, 0.5) is 10.5 Å². The van der Waals surface area contributed by atoms with Gasteiger partial charge in [-0.3, -0.25) is 14.8 Å². The van der Waals surface area contributed by atoms with Crippen LogP contribution in [0.5, 0.6) is 0 Å². The molecule has 0 unspecified atom stereocenters. The summed E-state index contributed by atoms with van der Waals surface area (Å²) in [4.78, 5) is 24.9. The molecule has 1 saturated heterocycles. The molecule has 2 saturated carbocycles. The lowest BCUT2D eigenvalue weighted by Crippen LogP contribution is -2.56. The lowest BCUT2D eigenvalue weighted by Gasteiger charge is -2.51. The van der Waals surface area contributed by atoms with Gasteiger partial charge in [0.2, 0.25) is 0 Å². The molecular weight excluding hydrogens is 460 g/mol. The van der Waals surface area contributed by atoms with Crippen LogP contribution in [0.1, 0.15) is 62.5 Å². The first kappa shape index (κ1) is 25.9. The van der Waals surface area contributed by atoms with E-state index in [1.54, 1.807) is 0 Å². The molecule has 1 heterocycles. The van der Waals surface area contributed by atoms with Crippen LogP contribution in [0.3, 0.4) is 0 Å². The summed E-state index contributed by atoms with van der Waals surface area (Å²) in [6.07, 6.45) is 8.29. The molecule has 37 heavy (non-hydrogen) atoms. The summed E-state index contributed by atoms with van der Waals surface area (Å²) in [5, 5.41) is 0. The second-order valence-electron chi connectivity index (χ2n) is 11.5. The van der Waals surface area contributed by atoms with E-state index in [9.17, 15) is 4.79 Å². The highest BCUT2D eigenvalue weighted by atomic mass is 16.5. The Kier molecular flexibility index (Phi) is 7.16. The van der Waals surface area contributed by atoms with Crippen LogP contribution in [0.15, 0.2) is 59.6 Å². The fourth-order valence-corrected chi connectivity index (χ4v) is 7.09. The van der Waals surface area contributed by atoms with E-state index < -0.39 is 0 Å². The van der Waals surface area contributed by atoms with Gasteiger partial charge in [0, 0.05) is 19.2 Å². The molecule has 0 atom stereocenters. The van der Waals surface area contributed by atoms with Gasteiger partial charge in [-0.1, -0.05) is 48.5 Å². The molecule has 2 aromatic rings. The molecule has 3 aliphatic rings. The fourth-order valence-electron chi connectivity index (χ4n) is 7.09. The van der Waals surface area contributed by atoms with Gasteiger partial charge in [0.1, 0.15) is 0 Å². The Labute approximate surface area is 222 Å². The van der Waals surface area contributed by atoms with Gasteiger partial charge in [-0.25, -0.2) is 4.79 Å². The standard InChI is InChI=1S/C31H42N4O2/c1-32-23-25-11-8-9-14-27(25)34-24-29(35(28(34)36)22-21-30(37-4)15-10-16-30)17-19-31(20-18-29,33(2)3)26-12-6-5-7-13-26/h5-9,11-14H,1,10,15-24H2,2-4H3/t29-,31+. The minimum absolute atomic E-state index is 0.0129. The molecular formula is C31H42N4O2. The van der Waals surface area contributed by atoms with Crippen LogP contribution in [-0.2, 0) is 16.8 Å². The number of anilines is 1. The maximum absolute atomic E-state index is 14.2. The molecule has 198 valence electrons. The summed E-state index contributed by atoms with van der Waals surface area (Å²) < 4.78 is 5.95. The van der Waals surface area contributed by atoms with E-state index in [0.717, 1.165) is 69.3 Å². The number of rotatable bonds is 9. The van der Waals surface area contributed by atoms with Crippen LogP contribution >= 0.6 is 0 Å². The minimum Gasteiger partial charge on any atom is -0.378 e. The molecule has 2 aromatic carbocycles. The number of hydrogen-bond acceptors (Lipinski definition) is 4. The lowest BCUT2D eigenvalue weighted by molar-refractivity contribution is -0.0844. The van der Waals surface area contributed by atoms with E-state index in [-0.39, 0.29) is 22.7 Å². The van der Waals surface area contributed by atoms with Crippen molar-refractivity contribution in [1.82, 2.24) is 9.80 Å². The first-order valence-corrected chi connectivity index (χ1v) is 13.8. The molecule has 2 aliphatic carbocycles. The first-order valence-electron chi connectivity index (χ1n) is 13.8. The van der Waals surface area contributed by atoms with Crippen LogP contribution in [-0.4, -0.2) is 68.0 Å². The van der Waals surface area contributed by atoms with Crippen molar-refractivity contribution in [3.63, 3.8) is 0 Å². The van der Waals surface area contributed by atoms with Crippen molar-refractivity contribution in [3.05, 3.63) is 65.7 Å². The number of aliphatic imine (C=N–C) groups is 1. The molecule has 5 rings (SSSR count). The van der Waals surface area contributed by atoms with E-state index in [1.807, 2.05) is 24.1 Å². The fraction of sp³-hybridized carbons (Fsp3) is 0.548. The van der Waals surface area contributed by atoms with Gasteiger partial charge in [0.25, 0.3) is 0 Å². The van der Waals surface area contributed by atoms with Crippen molar-refractivity contribution >= 4 is 18.4 Å². The topological polar surface area (TPSA) is 48.4 Å². The maximum Gasteiger partial charge on any atom is 0.325 e. The number of nitrogens with zero attached hydrogens (tertiary/aromatic N) is 4. The van der Waals surface area contributed by atoms with Gasteiger partial charge in [0.05, 0.1) is 29.9 Å². The van der Waals surface area contributed by atoms with E-state index in [2.05, 4.69) is 78.1 Å². The Balaban J connectivity index is 1.46. The SMILES string of the molecule is C=NCc1ccccc1N1C[C@]2(CC[C@](c3ccccc3)(N(C)C)CC2)N(CCC2(OC)CCC2)C1=O. The third kappa shape index (κ3) is 4.48. The van der Waals surface area contributed by atoms with E-state index in [1.165, 1.54) is 12.0 Å². The van der Waals surface area contributed by atoms with Gasteiger partial charge in [-0.05, 0) is 89.4 Å². The van der Waals surface area contributed by atoms with Crippen molar-refractivity contribution in [1.29, 1.82) is 0 Å². The lowest BCUT2D eigenvalue weighted by atomic mass is 9.68. The number of ether oxygens (including phenoxy) is 1. The molecule has 1 aliphatic heterocycles. The third-order valence-electron chi connectivity index (χ3n) is 9.72. The number of hydrogen-bond donors (Lipinski definition) is 0. The van der Waals surface area contributed by atoms with Crippen molar-refractivity contribution in [2.24, 2.45) is 4.99 Å². The number of para-hydroxylation sites is 1. The number of urea groups is 1. The molecule has 3 fully saturated rings. The van der Waals surface area contributed by atoms with Crippen LogP contribution in [0, 0.1) is 0 Å². The van der Waals surface area contributed by atoms with E-state index >= 15 is 0 Å². The molecule has 6 heteroatoms. The molecule has 2 amide bonds. The largest absolute Gasteiger partial charge is 0.378 e. The van der Waals surface area contributed by atoms with Gasteiger partial charge >= 0.3 is 6.03 Å². The molecule has 6 nitrogen and oxygen atoms in total. The smallest absolute Gasteiger partial charge is 0.325 e. The monoisotopic (exact) mass is 502 g/mol. The maximum atomic E-state index is 14.2. The van der Waals surface area contributed by atoms with Gasteiger partial charge in [0.15, 0.2) is 0 Å². The summed E-state index contributed by atoms with van der Waals surface area (Å²) >= 11 is 0. The minimum atomic E-state index is -0.182. The molecule has 0 bridgehead atoms. The van der Waals surface area contributed by atoms with Crippen molar-refractivity contribution in [2.45, 2.75) is 74.6 Å². The number of carbonyl (C=O) groups excluding carboxylic acids is 1. The quantitative estimate of drug-likeness (QED) is 0.404. The third-order valence-corrected chi connectivity index (χ3v) is 9.72. The van der Waals surface area contributed by atoms with Crippen LogP contribution < -0.4 is 4.90 Å². The number of amides is 2. The highest BCUT2D eigenvalue weighted by Crippen LogP contribution is 2.50. The number of benzene rings is 2. The zero-order chi connectivity index (χ0) is 26.1. The van der Waals surface area contributed by atoms with E-state index in [4.69, 9.17) is 4.74 Å². The molecule has 0 N–H and O–H groups in total. The molecule has 0 radical (unpaired) electrons. The van der Waals surface area contributed by atoms with Crippen molar-refractivity contribution in [3.8, 4) is 0 Å². The average Bonchev–Trinajstić information content (AvgIpc) is 3.16. The Morgan fingerprint density at radius 2 is 1.65 bits per heavy atom. The summed E-state index contributed by atoms with van der Waals surface area (Å²) in [6, 6.07) is 19.2. The average molecular weight is 503 g/mol. The van der Waals surface area contributed by atoms with Gasteiger partial charge < -0.3 is 9.64 Å². The van der Waals surface area contributed by atoms with Gasteiger partial charge in [-0.15, -0.1) is 0 Å². The molecule has 1 spiro atoms. The zero-order valence-electron chi connectivity index (χ0n) is 22.8. The summed E-state index contributed by atoms with van der Waals surface area (Å²) in [6.45, 7) is 5.67. The second-order valence-corrected chi connectivity index (χ2v) is 11.5. The van der Waals surface area contributed by atoms with Gasteiger partial charge in [-0.2, -0.15) is 0 Å². The second kappa shape index (κ2) is 10.2. The molecule has 0 aromatic heterocycles. The Morgan fingerprint density at radius 1 is 0.973 bits per heavy atom. The summed E-state index contributed by atoms with van der Waals surface area (Å²) in [5.41, 5.74) is 3.14. The van der Waals surface area contributed by atoms with Crippen LogP contribution in [0.25, 0.3) is 0 Å². The predicted molar refractivity (Wildman–Crippen MR) is 150 cm³/mol. The normalized spacial score (nSPS) is 27.1. The summed E-state index contributed by atoms with van der Waals surface area (Å²) in [5.74, 6) is 0. The number of methoxy groups -OCH3 is 1. The van der Waals surface area contributed by atoms with Crippen LogP contribution in [0.2, 0.25) is 0 Å². The summed E-state index contributed by atoms with van der Waals surface area (Å²) in [7, 11) is 6.23. The zero-order valence-corrected chi connectivity index (χ0v) is 22.8. The number of carbonyl (C=O) groups is 1. The Morgan fingerprint density at radius 3 is 2.24 bits per heavy atom.